The lowest BCUT2D eigenvalue weighted by atomic mass is 9.86. The first-order valence-corrected chi connectivity index (χ1v) is 6.72. The number of carboxylic acid groups (broad SMARTS) is 1. The van der Waals surface area contributed by atoms with Gasteiger partial charge in [0.25, 0.3) is 5.91 Å². The van der Waals surface area contributed by atoms with E-state index in [1.165, 1.54) is 0 Å². The van der Waals surface area contributed by atoms with Crippen LogP contribution >= 0.6 is 15.9 Å². The molecule has 0 spiro atoms. The van der Waals surface area contributed by atoms with Crippen LogP contribution in [-0.2, 0) is 4.79 Å². The number of hydrogen-bond donors (Lipinski definition) is 2. The maximum atomic E-state index is 12.1. The molecule has 5 heteroatoms. The highest BCUT2D eigenvalue weighted by Crippen LogP contribution is 2.21. The number of halogens is 1. The van der Waals surface area contributed by atoms with E-state index in [2.05, 4.69) is 21.2 Å². The minimum atomic E-state index is -1.04. The van der Waals surface area contributed by atoms with E-state index < -0.39 is 17.4 Å². The summed E-state index contributed by atoms with van der Waals surface area (Å²) in [6.07, 6.45) is 0. The summed E-state index contributed by atoms with van der Waals surface area (Å²) in [5.74, 6) is -1.42. The average molecular weight is 328 g/mol. The van der Waals surface area contributed by atoms with Gasteiger partial charge < -0.3 is 10.4 Å². The normalized spacial score (nSPS) is 12.9. The molecule has 0 aliphatic heterocycles. The molecule has 19 heavy (non-hydrogen) atoms. The van der Waals surface area contributed by atoms with E-state index in [0.29, 0.717) is 5.56 Å². The molecule has 0 heterocycles. The molecule has 0 aromatic heterocycles. The fourth-order valence-corrected chi connectivity index (χ4v) is 1.98. The van der Waals surface area contributed by atoms with Crippen molar-refractivity contribution in [3.63, 3.8) is 0 Å². The van der Waals surface area contributed by atoms with E-state index in [9.17, 15) is 14.7 Å². The van der Waals surface area contributed by atoms with Gasteiger partial charge >= 0.3 is 5.97 Å². The molecule has 1 atom stereocenters. The molecule has 1 aromatic carbocycles. The summed E-state index contributed by atoms with van der Waals surface area (Å²) in [6, 6.07) is 4.25. The molecule has 2 N–H and O–H groups in total. The Balaban J connectivity index is 2.94. The van der Waals surface area contributed by atoms with Crippen LogP contribution in [0.1, 0.15) is 36.7 Å². The number of aliphatic carboxylic acids is 1. The van der Waals surface area contributed by atoms with Crippen LogP contribution in [0.15, 0.2) is 22.7 Å². The summed E-state index contributed by atoms with van der Waals surface area (Å²) >= 11 is 3.35. The van der Waals surface area contributed by atoms with Crippen molar-refractivity contribution >= 4 is 27.8 Å². The topological polar surface area (TPSA) is 66.4 Å². The molecule has 0 bridgehead atoms. The molecule has 4 nitrogen and oxygen atoms in total. The molecule has 104 valence electrons. The predicted octanol–water partition coefficient (Wildman–Crippen LogP) is 2.99. The largest absolute Gasteiger partial charge is 0.480 e. The minimum Gasteiger partial charge on any atom is -0.480 e. The second kappa shape index (κ2) is 5.74. The van der Waals surface area contributed by atoms with E-state index in [1.54, 1.807) is 32.9 Å². The van der Waals surface area contributed by atoms with Gasteiger partial charge in [0.2, 0.25) is 0 Å². The highest BCUT2D eigenvalue weighted by atomic mass is 79.9. The summed E-state index contributed by atoms with van der Waals surface area (Å²) in [5, 5.41) is 11.7. The van der Waals surface area contributed by atoms with Crippen molar-refractivity contribution in [1.82, 2.24) is 5.32 Å². The molecular formula is C14H18BrNO3. The van der Waals surface area contributed by atoms with Crippen LogP contribution in [0.2, 0.25) is 0 Å². The van der Waals surface area contributed by atoms with Crippen LogP contribution in [0.4, 0.5) is 0 Å². The molecule has 0 radical (unpaired) electrons. The van der Waals surface area contributed by atoms with Crippen molar-refractivity contribution in [3.05, 3.63) is 33.8 Å². The van der Waals surface area contributed by atoms with Crippen molar-refractivity contribution in [3.8, 4) is 0 Å². The first kappa shape index (κ1) is 15.7. The summed E-state index contributed by atoms with van der Waals surface area (Å²) in [5.41, 5.74) is 0.902. The molecule has 1 amide bonds. The first-order valence-electron chi connectivity index (χ1n) is 5.92. The van der Waals surface area contributed by atoms with E-state index >= 15 is 0 Å². The van der Waals surface area contributed by atoms with Crippen LogP contribution in [0.5, 0.6) is 0 Å². The van der Waals surface area contributed by atoms with Gasteiger partial charge in [0, 0.05) is 10.0 Å². The molecule has 0 saturated carbocycles. The maximum Gasteiger partial charge on any atom is 0.326 e. The molecule has 0 fully saturated rings. The lowest BCUT2D eigenvalue weighted by Gasteiger charge is -2.27. The molecule has 0 aliphatic rings. The third-order valence-electron chi connectivity index (χ3n) is 2.82. The Bertz CT molecular complexity index is 506. The number of carboxylic acids is 1. The summed E-state index contributed by atoms with van der Waals surface area (Å²) in [7, 11) is 0. The lowest BCUT2D eigenvalue weighted by molar-refractivity contribution is -0.142. The number of rotatable bonds is 3. The Morgan fingerprint density at radius 1 is 1.32 bits per heavy atom. The number of amides is 1. The second-order valence-electron chi connectivity index (χ2n) is 5.57. The van der Waals surface area contributed by atoms with Gasteiger partial charge in [0.15, 0.2) is 0 Å². The summed E-state index contributed by atoms with van der Waals surface area (Å²) < 4.78 is 0.822. The van der Waals surface area contributed by atoms with Crippen molar-refractivity contribution in [2.45, 2.75) is 33.7 Å². The predicted molar refractivity (Wildman–Crippen MR) is 77.2 cm³/mol. The standard InChI is InChI=1S/C14H18BrNO3/c1-8-5-6-9(7-10(8)15)12(17)16-11(13(18)19)14(2,3)4/h5-7,11H,1-4H3,(H,16,17)(H,18,19)/t11-/m1/s1. The molecule has 1 rings (SSSR count). The zero-order valence-electron chi connectivity index (χ0n) is 11.5. The Labute approximate surface area is 121 Å². The van der Waals surface area contributed by atoms with E-state index in [1.807, 2.05) is 13.0 Å². The van der Waals surface area contributed by atoms with Gasteiger partial charge in [0.05, 0.1) is 0 Å². The lowest BCUT2D eigenvalue weighted by Crippen LogP contribution is -2.49. The van der Waals surface area contributed by atoms with Gasteiger partial charge in [-0.3, -0.25) is 4.79 Å². The Morgan fingerprint density at radius 2 is 1.89 bits per heavy atom. The zero-order valence-corrected chi connectivity index (χ0v) is 13.0. The van der Waals surface area contributed by atoms with Gasteiger partial charge in [-0.05, 0) is 30.0 Å². The number of benzene rings is 1. The van der Waals surface area contributed by atoms with Crippen molar-refractivity contribution in [2.75, 3.05) is 0 Å². The van der Waals surface area contributed by atoms with Gasteiger partial charge in [-0.15, -0.1) is 0 Å². The monoisotopic (exact) mass is 327 g/mol. The van der Waals surface area contributed by atoms with Crippen molar-refractivity contribution < 1.29 is 14.7 Å². The Kier molecular flexibility index (Phi) is 4.74. The number of nitrogens with one attached hydrogen (secondary N) is 1. The van der Waals surface area contributed by atoms with Crippen LogP contribution in [0, 0.1) is 12.3 Å². The van der Waals surface area contributed by atoms with Gasteiger partial charge in [0.1, 0.15) is 6.04 Å². The number of carbonyl (C=O) groups is 2. The van der Waals surface area contributed by atoms with E-state index in [-0.39, 0.29) is 5.91 Å². The number of aryl methyl sites for hydroxylation is 1. The summed E-state index contributed by atoms with van der Waals surface area (Å²) in [4.78, 5) is 23.3. The fraction of sp³-hybridized carbons (Fsp3) is 0.429. The molecule has 0 aliphatic carbocycles. The molecule has 0 saturated heterocycles. The molecular weight excluding hydrogens is 310 g/mol. The Hall–Kier alpha value is -1.36. The highest BCUT2D eigenvalue weighted by Gasteiger charge is 2.32. The smallest absolute Gasteiger partial charge is 0.326 e. The van der Waals surface area contributed by atoms with Crippen LogP contribution < -0.4 is 5.32 Å². The summed E-state index contributed by atoms with van der Waals surface area (Å²) in [6.45, 7) is 7.24. The van der Waals surface area contributed by atoms with Crippen LogP contribution in [0.25, 0.3) is 0 Å². The van der Waals surface area contributed by atoms with Crippen molar-refractivity contribution in [2.24, 2.45) is 5.41 Å². The fourth-order valence-electron chi connectivity index (χ4n) is 1.60. The maximum absolute atomic E-state index is 12.1. The molecule has 0 unspecified atom stereocenters. The van der Waals surface area contributed by atoms with E-state index in [0.717, 1.165) is 10.0 Å². The van der Waals surface area contributed by atoms with Crippen molar-refractivity contribution in [1.29, 1.82) is 0 Å². The number of hydrogen-bond acceptors (Lipinski definition) is 2. The second-order valence-corrected chi connectivity index (χ2v) is 6.43. The average Bonchev–Trinajstić information content (AvgIpc) is 2.27. The SMILES string of the molecule is Cc1ccc(C(=O)N[C@H](C(=O)O)C(C)(C)C)cc1Br. The van der Waals surface area contributed by atoms with Gasteiger partial charge in [-0.2, -0.15) is 0 Å². The zero-order chi connectivity index (χ0) is 14.8. The van der Waals surface area contributed by atoms with Gasteiger partial charge in [-0.1, -0.05) is 42.8 Å². The third-order valence-corrected chi connectivity index (χ3v) is 3.68. The van der Waals surface area contributed by atoms with Crippen LogP contribution in [0.3, 0.4) is 0 Å². The van der Waals surface area contributed by atoms with E-state index in [4.69, 9.17) is 0 Å². The minimum absolute atomic E-state index is 0.386. The third kappa shape index (κ3) is 4.06. The van der Waals surface area contributed by atoms with Gasteiger partial charge in [-0.25, -0.2) is 4.79 Å². The molecule has 1 aromatic rings. The highest BCUT2D eigenvalue weighted by molar-refractivity contribution is 9.10. The quantitative estimate of drug-likeness (QED) is 0.896. The Morgan fingerprint density at radius 3 is 2.32 bits per heavy atom. The van der Waals surface area contributed by atoms with Crippen LogP contribution in [-0.4, -0.2) is 23.0 Å². The number of carbonyl (C=O) groups excluding carboxylic acids is 1. The first-order chi connectivity index (χ1) is 8.62.